The predicted octanol–water partition coefficient (Wildman–Crippen LogP) is 5.21. The van der Waals surface area contributed by atoms with Gasteiger partial charge in [-0.1, -0.05) is 26.7 Å². The molecule has 0 bridgehead atoms. The van der Waals surface area contributed by atoms with Gasteiger partial charge in [-0.15, -0.1) is 0 Å². The van der Waals surface area contributed by atoms with Gasteiger partial charge in [-0.05, 0) is 51.2 Å². The molecule has 1 aromatic carbocycles. The van der Waals surface area contributed by atoms with Crippen LogP contribution in [0.3, 0.4) is 0 Å². The van der Waals surface area contributed by atoms with E-state index >= 15 is 0 Å². The van der Waals surface area contributed by atoms with Gasteiger partial charge < -0.3 is 14.5 Å². The summed E-state index contributed by atoms with van der Waals surface area (Å²) in [6.07, 6.45) is -1.50. The number of imide groups is 1. The number of fused-ring (bicyclic) bond motifs is 1. The minimum atomic E-state index is -4.70. The molecule has 1 aliphatic heterocycles. The number of benzene rings is 1. The molecular formula is C25H31F3N2O5. The maximum Gasteiger partial charge on any atom is 0.417 e. The highest BCUT2D eigenvalue weighted by atomic mass is 19.4. The number of aryl methyl sites for hydroxylation is 2. The summed E-state index contributed by atoms with van der Waals surface area (Å²) in [7, 11) is 0. The van der Waals surface area contributed by atoms with E-state index in [4.69, 9.17) is 9.15 Å². The molecule has 1 N–H and O–H groups in total. The molecule has 2 heterocycles. The van der Waals surface area contributed by atoms with Gasteiger partial charge in [-0.2, -0.15) is 13.2 Å². The highest BCUT2D eigenvalue weighted by Gasteiger charge is 2.43. The number of urea groups is 1. The van der Waals surface area contributed by atoms with Crippen molar-refractivity contribution >= 4 is 22.9 Å². The number of carbonyl (C=O) groups excluding carboxylic acids is 2. The molecule has 0 saturated carbocycles. The molecule has 1 aliphatic rings. The van der Waals surface area contributed by atoms with Crippen LogP contribution in [-0.2, 0) is 23.8 Å². The van der Waals surface area contributed by atoms with Gasteiger partial charge in [-0.25, -0.2) is 9.59 Å². The molecule has 2 aromatic rings. The zero-order valence-electron chi connectivity index (χ0n) is 20.4. The van der Waals surface area contributed by atoms with Crippen LogP contribution < -0.4 is 15.7 Å². The molecule has 0 unspecified atom stereocenters. The normalized spacial score (nSPS) is 15.7. The van der Waals surface area contributed by atoms with E-state index in [1.54, 1.807) is 13.8 Å². The summed E-state index contributed by atoms with van der Waals surface area (Å²) >= 11 is 0. The summed E-state index contributed by atoms with van der Waals surface area (Å²) in [4.78, 5) is 37.5. The standard InChI is InChI=1S/C25H31F3N2O5/c1-5-9-15-13-17-18(25(26,27)28)14-19(31)35-21(17)16(10-6-2)20(15)34-12-8-7-11-30-22(32)24(3,4)29-23(30)33/h13-14H,5-12H2,1-4H3,(H,29,33). The average molecular weight is 497 g/mol. The number of hydrogen-bond donors (Lipinski definition) is 1. The van der Waals surface area contributed by atoms with Crippen molar-refractivity contribution in [1.82, 2.24) is 10.2 Å². The Balaban J connectivity index is 1.86. The zero-order valence-corrected chi connectivity index (χ0v) is 20.4. The molecule has 0 radical (unpaired) electrons. The first-order valence-electron chi connectivity index (χ1n) is 11.9. The number of amides is 3. The second-order valence-corrected chi connectivity index (χ2v) is 9.26. The van der Waals surface area contributed by atoms with Crippen LogP contribution in [0.2, 0.25) is 0 Å². The van der Waals surface area contributed by atoms with Crippen molar-refractivity contribution in [3.05, 3.63) is 39.2 Å². The fourth-order valence-corrected chi connectivity index (χ4v) is 4.32. The van der Waals surface area contributed by atoms with E-state index in [-0.39, 0.29) is 30.0 Å². The van der Waals surface area contributed by atoms with E-state index in [0.717, 1.165) is 0 Å². The van der Waals surface area contributed by atoms with E-state index < -0.39 is 28.9 Å². The third-order valence-corrected chi connectivity index (χ3v) is 5.95. The third kappa shape index (κ3) is 5.62. The molecule has 7 nitrogen and oxygen atoms in total. The van der Waals surface area contributed by atoms with Gasteiger partial charge >= 0.3 is 17.8 Å². The Hall–Kier alpha value is -3.04. The SMILES string of the molecule is CCCc1cc2c(C(F)(F)F)cc(=O)oc2c(CCC)c1OCCCCN1C(=O)NC(C)(C)C1=O. The van der Waals surface area contributed by atoms with Gasteiger partial charge in [0.05, 0.1) is 12.2 Å². The lowest BCUT2D eigenvalue weighted by Gasteiger charge is -2.20. The molecule has 1 aromatic heterocycles. The quantitative estimate of drug-likeness (QED) is 0.277. The van der Waals surface area contributed by atoms with Crippen molar-refractivity contribution < 1.29 is 31.9 Å². The first-order valence-corrected chi connectivity index (χ1v) is 11.9. The minimum Gasteiger partial charge on any atom is -0.493 e. The molecule has 1 saturated heterocycles. The number of rotatable bonds is 10. The number of alkyl halides is 3. The number of carbonyl (C=O) groups is 2. The number of halogens is 3. The number of hydrogen-bond acceptors (Lipinski definition) is 5. The second kappa shape index (κ2) is 10.3. The number of nitrogens with zero attached hydrogens (tertiary/aromatic N) is 1. The van der Waals surface area contributed by atoms with Crippen LogP contribution in [0.5, 0.6) is 5.75 Å². The van der Waals surface area contributed by atoms with Crippen LogP contribution in [0, 0.1) is 0 Å². The molecule has 0 atom stereocenters. The maximum absolute atomic E-state index is 13.7. The Bertz CT molecular complexity index is 1170. The first kappa shape index (κ1) is 26.6. The van der Waals surface area contributed by atoms with Crippen molar-refractivity contribution in [1.29, 1.82) is 0 Å². The monoisotopic (exact) mass is 496 g/mol. The number of ether oxygens (including phenoxy) is 1. The lowest BCUT2D eigenvalue weighted by Crippen LogP contribution is -2.40. The van der Waals surface area contributed by atoms with Crippen LogP contribution in [0.15, 0.2) is 21.3 Å². The maximum atomic E-state index is 13.7. The molecule has 3 rings (SSSR count). The topological polar surface area (TPSA) is 88.8 Å². The lowest BCUT2D eigenvalue weighted by atomic mass is 9.96. The summed E-state index contributed by atoms with van der Waals surface area (Å²) < 4.78 is 52.4. The van der Waals surface area contributed by atoms with Crippen LogP contribution in [0.1, 0.15) is 70.1 Å². The summed E-state index contributed by atoms with van der Waals surface area (Å²) in [5, 5.41) is 2.49. The number of unbranched alkanes of at least 4 members (excludes halogenated alkanes) is 1. The molecule has 3 amide bonds. The lowest BCUT2D eigenvalue weighted by molar-refractivity contribution is -0.136. The van der Waals surface area contributed by atoms with Gasteiger partial charge in [0.15, 0.2) is 0 Å². The highest BCUT2D eigenvalue weighted by Crippen LogP contribution is 2.40. The van der Waals surface area contributed by atoms with E-state index in [1.807, 2.05) is 13.8 Å². The van der Waals surface area contributed by atoms with Crippen LogP contribution in [0.25, 0.3) is 11.0 Å². The van der Waals surface area contributed by atoms with Crippen LogP contribution in [0.4, 0.5) is 18.0 Å². The third-order valence-electron chi connectivity index (χ3n) is 5.95. The Morgan fingerprint density at radius 2 is 1.74 bits per heavy atom. The Labute approximate surface area is 201 Å². The Morgan fingerprint density at radius 3 is 2.31 bits per heavy atom. The largest absolute Gasteiger partial charge is 0.493 e. The molecule has 192 valence electrons. The van der Waals surface area contributed by atoms with Gasteiger partial charge in [0.25, 0.3) is 5.91 Å². The van der Waals surface area contributed by atoms with E-state index in [9.17, 15) is 27.6 Å². The number of nitrogens with one attached hydrogen (secondary N) is 1. The summed E-state index contributed by atoms with van der Waals surface area (Å²) in [6, 6.07) is 1.47. The smallest absolute Gasteiger partial charge is 0.417 e. The summed E-state index contributed by atoms with van der Waals surface area (Å²) in [6.45, 7) is 7.56. The van der Waals surface area contributed by atoms with Crippen molar-refractivity contribution in [2.75, 3.05) is 13.2 Å². The fraction of sp³-hybridized carbons (Fsp3) is 0.560. The second-order valence-electron chi connectivity index (χ2n) is 9.26. The average Bonchev–Trinajstić information content (AvgIpc) is 2.95. The van der Waals surface area contributed by atoms with Gasteiger partial charge in [0.2, 0.25) is 0 Å². The Kier molecular flexibility index (Phi) is 7.81. The highest BCUT2D eigenvalue weighted by molar-refractivity contribution is 6.06. The Morgan fingerprint density at radius 1 is 1.06 bits per heavy atom. The van der Waals surface area contributed by atoms with Gasteiger partial charge in [0.1, 0.15) is 16.9 Å². The fourth-order valence-electron chi connectivity index (χ4n) is 4.32. The molecular weight excluding hydrogens is 465 g/mol. The van der Waals surface area contributed by atoms with Gasteiger partial charge in [0, 0.05) is 23.6 Å². The van der Waals surface area contributed by atoms with Crippen LogP contribution >= 0.6 is 0 Å². The first-order chi connectivity index (χ1) is 16.4. The van der Waals surface area contributed by atoms with Crippen molar-refractivity contribution in [3.63, 3.8) is 0 Å². The van der Waals surface area contributed by atoms with Crippen molar-refractivity contribution in [3.8, 4) is 5.75 Å². The van der Waals surface area contributed by atoms with Crippen molar-refractivity contribution in [2.24, 2.45) is 0 Å². The van der Waals surface area contributed by atoms with Crippen molar-refractivity contribution in [2.45, 2.75) is 77.9 Å². The van der Waals surface area contributed by atoms with Crippen LogP contribution in [-0.4, -0.2) is 35.5 Å². The molecule has 0 aliphatic carbocycles. The zero-order chi connectivity index (χ0) is 26.0. The minimum absolute atomic E-state index is 0.0944. The predicted molar refractivity (Wildman–Crippen MR) is 125 cm³/mol. The van der Waals surface area contributed by atoms with E-state index in [2.05, 4.69) is 5.32 Å². The van der Waals surface area contributed by atoms with E-state index in [1.165, 1.54) is 11.0 Å². The summed E-state index contributed by atoms with van der Waals surface area (Å²) in [5.41, 5.74) is -2.02. The van der Waals surface area contributed by atoms with E-state index in [0.29, 0.717) is 61.5 Å². The van der Waals surface area contributed by atoms with Gasteiger partial charge in [-0.3, -0.25) is 9.69 Å². The molecule has 10 heteroatoms. The molecule has 1 fully saturated rings. The molecule has 0 spiro atoms. The molecule has 35 heavy (non-hydrogen) atoms. The summed E-state index contributed by atoms with van der Waals surface area (Å²) in [5.74, 6) is 0.156.